The average Bonchev–Trinajstić information content (AvgIpc) is 2.96. The van der Waals surface area contributed by atoms with E-state index < -0.39 is 10.0 Å². The molecule has 2 aromatic rings. The number of aryl methyl sites for hydroxylation is 1. The highest BCUT2D eigenvalue weighted by Gasteiger charge is 2.19. The number of carbonyl (C=O) groups excluding carboxylic acids is 1. The highest BCUT2D eigenvalue weighted by Crippen LogP contribution is 2.22. The third-order valence-electron chi connectivity index (χ3n) is 4.63. The van der Waals surface area contributed by atoms with Crippen LogP contribution in [0.1, 0.15) is 41.6 Å². The second-order valence-corrected chi connectivity index (χ2v) is 8.61. The van der Waals surface area contributed by atoms with Gasteiger partial charge in [-0.25, -0.2) is 8.42 Å². The Morgan fingerprint density at radius 3 is 2.72 bits per heavy atom. The summed E-state index contributed by atoms with van der Waals surface area (Å²) in [6.07, 6.45) is 3.53. The van der Waals surface area contributed by atoms with Crippen molar-refractivity contribution in [2.75, 3.05) is 19.0 Å². The van der Waals surface area contributed by atoms with Crippen LogP contribution in [0.15, 0.2) is 52.4 Å². The van der Waals surface area contributed by atoms with E-state index in [0.717, 1.165) is 24.8 Å². The molecule has 0 radical (unpaired) electrons. The number of nitrogens with zero attached hydrogens (tertiary/aromatic N) is 1. The zero-order chi connectivity index (χ0) is 20.9. The van der Waals surface area contributed by atoms with Crippen LogP contribution in [0.3, 0.4) is 0 Å². The minimum absolute atomic E-state index is 0.0680. The number of rotatable bonds is 5. The number of hydrogen-bond acceptors (Lipinski definition) is 5. The second-order valence-electron chi connectivity index (χ2n) is 6.93. The number of methoxy groups -OCH3 is 1. The Balaban J connectivity index is 1.79. The summed E-state index contributed by atoms with van der Waals surface area (Å²) in [6.45, 7) is 2.51. The van der Waals surface area contributed by atoms with E-state index >= 15 is 0 Å². The van der Waals surface area contributed by atoms with Gasteiger partial charge in [0.2, 0.25) is 0 Å². The molecule has 0 atom stereocenters. The number of benzene rings is 2. The minimum atomic E-state index is -3.78. The van der Waals surface area contributed by atoms with Gasteiger partial charge < -0.3 is 10.1 Å². The smallest absolute Gasteiger partial charge is 0.262 e. The van der Waals surface area contributed by atoms with Crippen molar-refractivity contribution < 1.29 is 17.9 Å². The lowest BCUT2D eigenvalue weighted by Crippen LogP contribution is -2.30. The number of nitrogens with one attached hydrogen (secondary N) is 2. The molecule has 2 N–H and O–H groups in total. The number of ether oxygens (including phenoxy) is 1. The van der Waals surface area contributed by atoms with Crippen LogP contribution in [-0.2, 0) is 10.0 Å². The fourth-order valence-electron chi connectivity index (χ4n) is 3.11. The molecular weight excluding hydrogens is 390 g/mol. The van der Waals surface area contributed by atoms with E-state index in [0.29, 0.717) is 35.8 Å². The molecule has 0 saturated heterocycles. The predicted molar refractivity (Wildman–Crippen MR) is 113 cm³/mol. The molecule has 0 aromatic heterocycles. The van der Waals surface area contributed by atoms with Gasteiger partial charge in [-0.1, -0.05) is 24.1 Å². The molecule has 0 aliphatic carbocycles. The number of carbonyl (C=O) groups is 1. The number of hydrogen-bond donors (Lipinski definition) is 2. The third kappa shape index (κ3) is 5.35. The first kappa shape index (κ1) is 20.9. The highest BCUT2D eigenvalue weighted by atomic mass is 32.2. The van der Waals surface area contributed by atoms with Gasteiger partial charge in [0.25, 0.3) is 15.9 Å². The Bertz CT molecular complexity index is 1030. The zero-order valence-corrected chi connectivity index (χ0v) is 17.4. The van der Waals surface area contributed by atoms with Crippen LogP contribution in [0.4, 0.5) is 5.69 Å². The summed E-state index contributed by atoms with van der Waals surface area (Å²) in [5, 5.41) is 2.74. The molecule has 8 heteroatoms. The van der Waals surface area contributed by atoms with E-state index in [-0.39, 0.29) is 10.8 Å². The average molecular weight is 416 g/mol. The summed E-state index contributed by atoms with van der Waals surface area (Å²) in [7, 11) is -2.28. The quantitative estimate of drug-likeness (QED) is 0.781. The Morgan fingerprint density at radius 2 is 1.93 bits per heavy atom. The van der Waals surface area contributed by atoms with Gasteiger partial charge in [0.15, 0.2) is 0 Å². The Morgan fingerprint density at radius 1 is 1.10 bits per heavy atom. The summed E-state index contributed by atoms with van der Waals surface area (Å²) in [5.74, 6) is 0.563. The number of aliphatic imine (C=N–C) groups is 1. The standard InChI is InChI=1S/C21H25N3O4S/c1-15-10-11-19(28-2)18(13-15)21(25)23-16-7-6-8-17(14-16)29(26,27)24-20-9-4-3-5-12-22-20/h6-8,10-11,13-14H,3-5,9,12H2,1-2H3,(H,22,24)(H,23,25). The predicted octanol–water partition coefficient (Wildman–Crippen LogP) is 3.51. The number of anilines is 1. The van der Waals surface area contributed by atoms with Crippen LogP contribution in [-0.4, -0.2) is 33.8 Å². The van der Waals surface area contributed by atoms with Crippen molar-refractivity contribution in [2.45, 2.75) is 37.5 Å². The summed E-state index contributed by atoms with van der Waals surface area (Å²) in [4.78, 5) is 17.1. The molecule has 1 heterocycles. The van der Waals surface area contributed by atoms with Crippen molar-refractivity contribution in [1.29, 1.82) is 0 Å². The molecule has 0 saturated carbocycles. The Kier molecular flexibility index (Phi) is 6.53. The summed E-state index contributed by atoms with van der Waals surface area (Å²) >= 11 is 0. The number of amidine groups is 1. The minimum Gasteiger partial charge on any atom is -0.496 e. The Labute approximate surface area is 171 Å². The second kappa shape index (κ2) is 9.09. The molecule has 3 rings (SSSR count). The lowest BCUT2D eigenvalue weighted by Gasteiger charge is -2.12. The van der Waals surface area contributed by atoms with Crippen molar-refractivity contribution >= 4 is 27.5 Å². The lowest BCUT2D eigenvalue weighted by molar-refractivity contribution is 0.102. The maximum atomic E-state index is 12.7. The number of amides is 1. The first-order chi connectivity index (χ1) is 13.9. The van der Waals surface area contributed by atoms with Crippen molar-refractivity contribution in [3.8, 4) is 5.75 Å². The largest absolute Gasteiger partial charge is 0.496 e. The van der Waals surface area contributed by atoms with Gasteiger partial charge in [0.05, 0.1) is 17.6 Å². The molecule has 0 bridgehead atoms. The fraction of sp³-hybridized carbons (Fsp3) is 0.333. The van der Waals surface area contributed by atoms with E-state index in [1.54, 1.807) is 24.3 Å². The van der Waals surface area contributed by atoms with Gasteiger partial charge in [-0.2, -0.15) is 0 Å². The molecule has 0 unspecified atom stereocenters. The van der Waals surface area contributed by atoms with Gasteiger partial charge in [-0.15, -0.1) is 0 Å². The van der Waals surface area contributed by atoms with E-state index in [2.05, 4.69) is 15.0 Å². The van der Waals surface area contributed by atoms with E-state index in [1.165, 1.54) is 19.2 Å². The van der Waals surface area contributed by atoms with E-state index in [9.17, 15) is 13.2 Å². The van der Waals surface area contributed by atoms with Crippen LogP contribution in [0.2, 0.25) is 0 Å². The van der Waals surface area contributed by atoms with Crippen LogP contribution < -0.4 is 14.8 Å². The monoisotopic (exact) mass is 415 g/mol. The van der Waals surface area contributed by atoms with Gasteiger partial charge in [0, 0.05) is 18.7 Å². The topological polar surface area (TPSA) is 96.9 Å². The summed E-state index contributed by atoms with van der Waals surface area (Å²) in [6, 6.07) is 11.4. The van der Waals surface area contributed by atoms with Gasteiger partial charge in [-0.3, -0.25) is 14.5 Å². The van der Waals surface area contributed by atoms with Crippen molar-refractivity contribution in [2.24, 2.45) is 4.99 Å². The maximum Gasteiger partial charge on any atom is 0.262 e. The SMILES string of the molecule is COc1ccc(C)cc1C(=O)Nc1cccc(S(=O)(=O)NC2=NCCCCC2)c1. The number of sulfonamides is 1. The van der Waals surface area contributed by atoms with Gasteiger partial charge in [-0.05, 0) is 50.1 Å². The highest BCUT2D eigenvalue weighted by molar-refractivity contribution is 7.90. The van der Waals surface area contributed by atoms with Crippen LogP contribution in [0.25, 0.3) is 0 Å². The Hall–Kier alpha value is -2.87. The molecule has 1 aliphatic heterocycles. The molecule has 1 aliphatic rings. The van der Waals surface area contributed by atoms with Gasteiger partial charge in [0.1, 0.15) is 11.6 Å². The molecule has 29 heavy (non-hydrogen) atoms. The van der Waals surface area contributed by atoms with Crippen molar-refractivity contribution in [3.63, 3.8) is 0 Å². The first-order valence-electron chi connectivity index (χ1n) is 9.51. The van der Waals surface area contributed by atoms with Crippen molar-refractivity contribution in [3.05, 3.63) is 53.6 Å². The van der Waals surface area contributed by atoms with E-state index in [4.69, 9.17) is 4.74 Å². The molecular formula is C21H25N3O4S. The molecule has 1 amide bonds. The molecule has 0 fully saturated rings. The van der Waals surface area contributed by atoms with Crippen molar-refractivity contribution in [1.82, 2.24) is 4.72 Å². The molecule has 154 valence electrons. The van der Waals surface area contributed by atoms with Crippen LogP contribution in [0.5, 0.6) is 5.75 Å². The summed E-state index contributed by atoms with van der Waals surface area (Å²) in [5.41, 5.74) is 1.68. The summed E-state index contributed by atoms with van der Waals surface area (Å²) < 4.78 is 33.3. The van der Waals surface area contributed by atoms with Crippen LogP contribution >= 0.6 is 0 Å². The lowest BCUT2D eigenvalue weighted by atomic mass is 10.1. The molecule has 0 spiro atoms. The maximum absolute atomic E-state index is 12.7. The van der Waals surface area contributed by atoms with E-state index in [1.807, 2.05) is 13.0 Å². The van der Waals surface area contributed by atoms with Crippen LogP contribution in [0, 0.1) is 6.92 Å². The third-order valence-corrected chi connectivity index (χ3v) is 6.01. The first-order valence-corrected chi connectivity index (χ1v) is 11.0. The fourth-order valence-corrected chi connectivity index (χ4v) is 4.24. The van der Waals surface area contributed by atoms with Gasteiger partial charge >= 0.3 is 0 Å². The molecule has 2 aromatic carbocycles. The normalized spacial score (nSPS) is 14.5. The zero-order valence-electron chi connectivity index (χ0n) is 16.6. The molecule has 7 nitrogen and oxygen atoms in total.